The van der Waals surface area contributed by atoms with E-state index in [1.54, 1.807) is 0 Å². The largest absolute Gasteiger partial charge is 0.373 e. The summed E-state index contributed by atoms with van der Waals surface area (Å²) >= 11 is 0. The Morgan fingerprint density at radius 2 is 2.20 bits per heavy atom. The van der Waals surface area contributed by atoms with Gasteiger partial charge in [-0.15, -0.1) is 0 Å². The van der Waals surface area contributed by atoms with Crippen LogP contribution in [-0.4, -0.2) is 17.8 Å². The first-order chi connectivity index (χ1) is 9.81. The first-order valence-corrected chi connectivity index (χ1v) is 7.72. The molecule has 4 nitrogen and oxygen atoms in total. The molecule has 1 fully saturated rings. The summed E-state index contributed by atoms with van der Waals surface area (Å²) in [6.07, 6.45) is 9.44. The fourth-order valence-corrected chi connectivity index (χ4v) is 2.59. The van der Waals surface area contributed by atoms with Gasteiger partial charge in [0, 0.05) is 18.7 Å². The minimum absolute atomic E-state index is 0.531. The van der Waals surface area contributed by atoms with Crippen molar-refractivity contribution in [2.75, 3.05) is 6.61 Å². The van der Waals surface area contributed by atoms with Gasteiger partial charge >= 0.3 is 0 Å². The van der Waals surface area contributed by atoms with Gasteiger partial charge in [0.1, 0.15) is 6.61 Å². The van der Waals surface area contributed by atoms with E-state index in [2.05, 4.69) is 29.5 Å². The highest BCUT2D eigenvalue weighted by Gasteiger charge is 2.21. The Bertz CT molecular complexity index is 451. The van der Waals surface area contributed by atoms with Gasteiger partial charge in [-0.3, -0.25) is 0 Å². The van der Waals surface area contributed by atoms with Gasteiger partial charge in [-0.2, -0.15) is 0 Å². The first-order valence-electron chi connectivity index (χ1n) is 7.72. The van der Waals surface area contributed by atoms with Crippen LogP contribution in [0.5, 0.6) is 0 Å². The molecule has 1 aromatic rings. The summed E-state index contributed by atoms with van der Waals surface area (Å²) in [7, 11) is 0. The van der Waals surface area contributed by atoms with E-state index >= 15 is 0 Å². The molecule has 0 saturated heterocycles. The third-order valence-corrected chi connectivity index (χ3v) is 4.25. The summed E-state index contributed by atoms with van der Waals surface area (Å²) < 4.78 is 11.1. The van der Waals surface area contributed by atoms with Crippen molar-refractivity contribution in [2.24, 2.45) is 11.8 Å². The molecule has 0 spiro atoms. The predicted molar refractivity (Wildman–Crippen MR) is 77.0 cm³/mol. The Morgan fingerprint density at radius 1 is 1.35 bits per heavy atom. The van der Waals surface area contributed by atoms with Crippen molar-refractivity contribution in [1.82, 2.24) is 10.5 Å². The molecule has 3 rings (SSSR count). The maximum atomic E-state index is 5.79. The highest BCUT2D eigenvalue weighted by molar-refractivity contribution is 5.05. The van der Waals surface area contributed by atoms with Crippen molar-refractivity contribution >= 4 is 0 Å². The average Bonchev–Trinajstić information content (AvgIpc) is 3.18. The number of nitrogens with one attached hydrogen (secondary N) is 1. The number of hydrogen-bond acceptors (Lipinski definition) is 4. The second kappa shape index (κ2) is 6.55. The molecule has 110 valence electrons. The van der Waals surface area contributed by atoms with Crippen LogP contribution in [0.1, 0.15) is 44.1 Å². The van der Waals surface area contributed by atoms with Crippen LogP contribution in [0.15, 0.2) is 22.7 Å². The normalized spacial score (nSPS) is 26.1. The summed E-state index contributed by atoms with van der Waals surface area (Å²) in [6, 6.07) is 2.70. The van der Waals surface area contributed by atoms with Crippen LogP contribution in [0.4, 0.5) is 0 Å². The van der Waals surface area contributed by atoms with Gasteiger partial charge in [-0.25, -0.2) is 0 Å². The second-order valence-electron chi connectivity index (χ2n) is 6.14. The predicted octanol–water partition coefficient (Wildman–Crippen LogP) is 3.05. The minimum atomic E-state index is 0.531. The number of rotatable bonds is 7. The second-order valence-corrected chi connectivity index (χ2v) is 6.14. The fraction of sp³-hybridized carbons (Fsp3) is 0.688. The quantitative estimate of drug-likeness (QED) is 0.778. The molecule has 2 unspecified atom stereocenters. The summed E-state index contributed by atoms with van der Waals surface area (Å²) in [5.74, 6) is 2.18. The van der Waals surface area contributed by atoms with Gasteiger partial charge in [-0.05, 0) is 37.5 Å². The van der Waals surface area contributed by atoms with Crippen LogP contribution >= 0.6 is 0 Å². The molecule has 1 aromatic heterocycles. The molecule has 0 radical (unpaired) electrons. The molecule has 20 heavy (non-hydrogen) atoms. The fourth-order valence-electron chi connectivity index (χ4n) is 2.59. The maximum absolute atomic E-state index is 5.79. The summed E-state index contributed by atoms with van der Waals surface area (Å²) in [6.45, 7) is 4.44. The van der Waals surface area contributed by atoms with E-state index in [0.717, 1.165) is 31.0 Å². The lowest BCUT2D eigenvalue weighted by molar-refractivity contribution is 0.0554. The number of allylic oxidation sites excluding steroid dienone is 2. The Balaban J connectivity index is 1.38. The molecule has 0 bridgehead atoms. The van der Waals surface area contributed by atoms with Crippen molar-refractivity contribution in [2.45, 2.75) is 51.8 Å². The topological polar surface area (TPSA) is 47.3 Å². The van der Waals surface area contributed by atoms with E-state index in [4.69, 9.17) is 9.26 Å². The molecule has 1 saturated carbocycles. The van der Waals surface area contributed by atoms with Crippen molar-refractivity contribution < 1.29 is 9.26 Å². The van der Waals surface area contributed by atoms with E-state index in [1.165, 1.54) is 19.3 Å². The van der Waals surface area contributed by atoms with Crippen LogP contribution < -0.4 is 5.32 Å². The molecule has 0 aliphatic heterocycles. The monoisotopic (exact) mass is 276 g/mol. The summed E-state index contributed by atoms with van der Waals surface area (Å²) in [5.41, 5.74) is 0.976. The van der Waals surface area contributed by atoms with Crippen molar-refractivity contribution in [1.29, 1.82) is 0 Å². The summed E-state index contributed by atoms with van der Waals surface area (Å²) in [4.78, 5) is 0. The Hall–Kier alpha value is -1.13. The zero-order valence-corrected chi connectivity index (χ0v) is 12.2. The Kier molecular flexibility index (Phi) is 4.53. The van der Waals surface area contributed by atoms with Gasteiger partial charge < -0.3 is 14.6 Å². The molecular formula is C16H24N2O2. The molecule has 1 heterocycles. The number of hydrogen-bond donors (Lipinski definition) is 1. The van der Waals surface area contributed by atoms with Crippen LogP contribution in [-0.2, 0) is 17.9 Å². The van der Waals surface area contributed by atoms with Crippen molar-refractivity contribution in [3.8, 4) is 0 Å². The van der Waals surface area contributed by atoms with E-state index in [-0.39, 0.29) is 0 Å². The van der Waals surface area contributed by atoms with E-state index in [9.17, 15) is 0 Å². The number of aromatic nitrogens is 1. The molecule has 0 aromatic carbocycles. The zero-order chi connectivity index (χ0) is 13.8. The van der Waals surface area contributed by atoms with Crippen molar-refractivity contribution in [3.63, 3.8) is 0 Å². The van der Waals surface area contributed by atoms with Crippen LogP contribution in [0, 0.1) is 11.8 Å². The molecule has 0 amide bonds. The smallest absolute Gasteiger partial charge is 0.162 e. The average molecular weight is 276 g/mol. The van der Waals surface area contributed by atoms with Gasteiger partial charge in [0.2, 0.25) is 0 Å². The first kappa shape index (κ1) is 13.8. The third-order valence-electron chi connectivity index (χ3n) is 4.25. The van der Waals surface area contributed by atoms with Gasteiger partial charge in [0.15, 0.2) is 5.76 Å². The van der Waals surface area contributed by atoms with Gasteiger partial charge in [0.25, 0.3) is 0 Å². The molecule has 2 atom stereocenters. The summed E-state index contributed by atoms with van der Waals surface area (Å²) in [5, 5.41) is 7.50. The molecular weight excluding hydrogens is 252 g/mol. The lowest BCUT2D eigenvalue weighted by Gasteiger charge is -2.24. The van der Waals surface area contributed by atoms with Gasteiger partial charge in [-0.1, -0.05) is 24.2 Å². The minimum Gasteiger partial charge on any atom is -0.373 e. The highest BCUT2D eigenvalue weighted by atomic mass is 16.5. The lowest BCUT2D eigenvalue weighted by atomic mass is 9.85. The maximum Gasteiger partial charge on any atom is 0.162 e. The number of nitrogens with zero attached hydrogens (tertiary/aromatic N) is 1. The lowest BCUT2D eigenvalue weighted by Crippen LogP contribution is -2.19. The molecule has 4 heteroatoms. The van der Waals surface area contributed by atoms with Crippen LogP contribution in [0.2, 0.25) is 0 Å². The molecule has 2 aliphatic rings. The third kappa shape index (κ3) is 3.93. The van der Waals surface area contributed by atoms with E-state index in [0.29, 0.717) is 24.5 Å². The molecule has 1 N–H and O–H groups in total. The van der Waals surface area contributed by atoms with Crippen LogP contribution in [0.25, 0.3) is 0 Å². The SMILES string of the molecule is CC1CC=CCC1COCc1cc(CNC2CC2)no1. The Labute approximate surface area is 120 Å². The van der Waals surface area contributed by atoms with E-state index in [1.807, 2.05) is 6.07 Å². The van der Waals surface area contributed by atoms with Crippen molar-refractivity contribution in [3.05, 3.63) is 29.7 Å². The Morgan fingerprint density at radius 3 is 3.00 bits per heavy atom. The highest BCUT2D eigenvalue weighted by Crippen LogP contribution is 2.25. The zero-order valence-electron chi connectivity index (χ0n) is 12.2. The van der Waals surface area contributed by atoms with Gasteiger partial charge in [0.05, 0.1) is 12.3 Å². The number of ether oxygens (including phenoxy) is 1. The van der Waals surface area contributed by atoms with Crippen LogP contribution in [0.3, 0.4) is 0 Å². The van der Waals surface area contributed by atoms with E-state index < -0.39 is 0 Å². The molecule has 2 aliphatic carbocycles. The standard InChI is InChI=1S/C16H24N2O2/c1-12-4-2-3-5-13(12)10-19-11-16-8-15(18-20-16)9-17-14-6-7-14/h2-3,8,12-14,17H,4-7,9-11H2,1H3.